The molecule has 3 aliphatic rings. The van der Waals surface area contributed by atoms with Gasteiger partial charge in [0.2, 0.25) is 0 Å². The molecule has 7 atom stereocenters. The molecule has 1 aliphatic heterocycles. The number of hydrogen-bond donors (Lipinski definition) is 2. The number of allylic oxidation sites excluding steroid dienone is 1. The summed E-state index contributed by atoms with van der Waals surface area (Å²) in [6.45, 7) is 6.87. The number of carbonyl (C=O) groups excluding carboxylic acids is 4. The number of aliphatic hydroxyl groups is 2. The molecule has 1 fully saturated rings. The van der Waals surface area contributed by atoms with Crippen molar-refractivity contribution < 1.29 is 43.6 Å². The molecule has 9 heteroatoms. The van der Waals surface area contributed by atoms with Crippen LogP contribution in [0.2, 0.25) is 0 Å². The Bertz CT molecular complexity index is 919. The first kappa shape index (κ1) is 25.1. The van der Waals surface area contributed by atoms with Crippen molar-refractivity contribution in [2.45, 2.75) is 77.8 Å². The zero-order chi connectivity index (χ0) is 24.7. The molecule has 33 heavy (non-hydrogen) atoms. The maximum absolute atomic E-state index is 14.2. The zero-order valence-electron chi connectivity index (χ0n) is 19.6. The van der Waals surface area contributed by atoms with Crippen molar-refractivity contribution in [1.82, 2.24) is 0 Å². The predicted molar refractivity (Wildman–Crippen MR) is 114 cm³/mol. The first-order chi connectivity index (χ1) is 15.4. The molecule has 0 aromatic carbocycles. The van der Waals surface area contributed by atoms with E-state index in [1.165, 1.54) is 20.8 Å². The van der Waals surface area contributed by atoms with Gasteiger partial charge in [-0.15, -0.1) is 0 Å². The summed E-state index contributed by atoms with van der Waals surface area (Å²) < 4.78 is 16.7. The third kappa shape index (κ3) is 4.12. The minimum Gasteiger partial charge on any atom is -0.462 e. The van der Waals surface area contributed by atoms with Crippen LogP contribution in [-0.4, -0.2) is 64.4 Å². The number of aliphatic hydroxyl groups excluding tert-OH is 1. The van der Waals surface area contributed by atoms with E-state index >= 15 is 0 Å². The van der Waals surface area contributed by atoms with Crippen LogP contribution in [0.4, 0.5) is 0 Å². The van der Waals surface area contributed by atoms with Crippen molar-refractivity contribution >= 4 is 23.7 Å². The number of fused-ring (bicyclic) bond motifs is 2. The van der Waals surface area contributed by atoms with Gasteiger partial charge < -0.3 is 24.4 Å². The third-order valence-corrected chi connectivity index (χ3v) is 7.36. The SMILES string of the molecule is CC(=O)O[C@H]1CC=C(CO)[C@@H]2C(=O)[C@]3(O)[C@H](/C=C(/C)CC[C@H](OC(C)=O)[C@]21C)OC(=O)[C@@H]3C. The fraction of sp³-hybridized carbons (Fsp3) is 0.667. The number of ketones is 1. The van der Waals surface area contributed by atoms with Gasteiger partial charge in [-0.2, -0.15) is 0 Å². The van der Waals surface area contributed by atoms with E-state index in [0.29, 0.717) is 18.4 Å². The van der Waals surface area contributed by atoms with Gasteiger partial charge in [0, 0.05) is 20.3 Å². The molecule has 0 aromatic heterocycles. The molecule has 2 aliphatic carbocycles. The van der Waals surface area contributed by atoms with Crippen LogP contribution in [-0.2, 0) is 33.4 Å². The van der Waals surface area contributed by atoms with Gasteiger partial charge in [0.1, 0.15) is 12.2 Å². The Hall–Kier alpha value is -2.52. The molecule has 182 valence electrons. The molecule has 0 amide bonds. The van der Waals surface area contributed by atoms with Crippen molar-refractivity contribution in [2.24, 2.45) is 17.3 Å². The molecule has 0 spiro atoms. The quantitative estimate of drug-likeness (QED) is 0.361. The topological polar surface area (TPSA) is 136 Å². The fourth-order valence-corrected chi connectivity index (χ4v) is 5.48. The number of rotatable bonds is 3. The first-order valence-corrected chi connectivity index (χ1v) is 11.2. The average Bonchev–Trinajstić information content (AvgIpc) is 2.95. The number of hydrogen-bond acceptors (Lipinski definition) is 9. The van der Waals surface area contributed by atoms with Crippen molar-refractivity contribution in [3.05, 3.63) is 23.3 Å². The van der Waals surface area contributed by atoms with Crippen molar-refractivity contribution in [1.29, 1.82) is 0 Å². The lowest BCUT2D eigenvalue weighted by molar-refractivity contribution is -0.187. The number of esters is 3. The van der Waals surface area contributed by atoms with Crippen LogP contribution in [0.25, 0.3) is 0 Å². The Kier molecular flexibility index (Phi) is 6.87. The molecule has 0 radical (unpaired) electrons. The molecule has 0 saturated carbocycles. The number of carbonyl (C=O) groups is 4. The van der Waals surface area contributed by atoms with Crippen molar-refractivity contribution in [3.63, 3.8) is 0 Å². The summed E-state index contributed by atoms with van der Waals surface area (Å²) in [4.78, 5) is 50.6. The summed E-state index contributed by atoms with van der Waals surface area (Å²) in [7, 11) is 0. The fourth-order valence-electron chi connectivity index (χ4n) is 5.48. The molecular formula is C24H32O9. The standard InChI is InChI=1S/C24H32O9/c1-12-6-8-17(31-14(3)26)23(5)18(32-15(4)27)9-7-16(11-25)20(23)21(28)24(30)13(2)22(29)33-19(24)10-12/h7,10,13,17-20,25,30H,6,8-9,11H2,1-5H3/b12-10-/t13-,17-,18-,19-,20+,23-,24+/m0/s1. The number of Topliss-reactive ketones (excluding diaryl/α,β-unsaturated/α-hetero) is 1. The van der Waals surface area contributed by atoms with E-state index in [1.54, 1.807) is 26.0 Å². The monoisotopic (exact) mass is 464 g/mol. The lowest BCUT2D eigenvalue weighted by Crippen LogP contribution is -2.62. The molecular weight excluding hydrogens is 432 g/mol. The predicted octanol–water partition coefficient (Wildman–Crippen LogP) is 1.40. The Labute approximate surface area is 192 Å². The second-order valence-corrected chi connectivity index (χ2v) is 9.49. The third-order valence-electron chi connectivity index (χ3n) is 7.36. The van der Waals surface area contributed by atoms with Gasteiger partial charge in [-0.25, -0.2) is 0 Å². The largest absolute Gasteiger partial charge is 0.462 e. The molecule has 2 N–H and O–H groups in total. The Morgan fingerprint density at radius 1 is 1.18 bits per heavy atom. The average molecular weight is 465 g/mol. The molecule has 1 saturated heterocycles. The highest BCUT2D eigenvalue weighted by Gasteiger charge is 2.65. The summed E-state index contributed by atoms with van der Waals surface area (Å²) in [6.07, 6.45) is 1.12. The van der Waals surface area contributed by atoms with Crippen LogP contribution in [0.15, 0.2) is 23.3 Å². The van der Waals surface area contributed by atoms with Crippen LogP contribution in [0, 0.1) is 17.3 Å². The molecule has 0 aromatic rings. The lowest BCUT2D eigenvalue weighted by atomic mass is 9.56. The maximum atomic E-state index is 14.2. The zero-order valence-corrected chi connectivity index (χ0v) is 19.6. The summed E-state index contributed by atoms with van der Waals surface area (Å²) >= 11 is 0. The molecule has 3 rings (SSSR count). The van der Waals surface area contributed by atoms with Crippen LogP contribution >= 0.6 is 0 Å². The van der Waals surface area contributed by atoms with Gasteiger partial charge >= 0.3 is 17.9 Å². The summed E-state index contributed by atoms with van der Waals surface area (Å²) in [5, 5.41) is 21.8. The minimum atomic E-state index is -2.21. The van der Waals surface area contributed by atoms with Crippen molar-refractivity contribution in [2.75, 3.05) is 6.61 Å². The van der Waals surface area contributed by atoms with E-state index in [2.05, 4.69) is 0 Å². The Balaban J connectivity index is 2.29. The van der Waals surface area contributed by atoms with Gasteiger partial charge in [0.25, 0.3) is 0 Å². The van der Waals surface area contributed by atoms with Gasteiger partial charge in [-0.05, 0) is 38.3 Å². The van der Waals surface area contributed by atoms with Crippen LogP contribution in [0.5, 0.6) is 0 Å². The van der Waals surface area contributed by atoms with E-state index in [9.17, 15) is 29.4 Å². The van der Waals surface area contributed by atoms with Gasteiger partial charge in [-0.1, -0.05) is 18.6 Å². The smallest absolute Gasteiger partial charge is 0.312 e. The summed E-state index contributed by atoms with van der Waals surface area (Å²) in [5.41, 5.74) is -2.48. The molecule has 0 unspecified atom stereocenters. The highest BCUT2D eigenvalue weighted by molar-refractivity contribution is 5.99. The second kappa shape index (κ2) is 9.02. The van der Waals surface area contributed by atoms with E-state index in [0.717, 1.165) is 5.57 Å². The Morgan fingerprint density at radius 3 is 2.36 bits per heavy atom. The van der Waals surface area contributed by atoms with Gasteiger partial charge in [0.15, 0.2) is 17.5 Å². The summed E-state index contributed by atoms with van der Waals surface area (Å²) in [5.74, 6) is -4.96. The molecule has 9 nitrogen and oxygen atoms in total. The van der Waals surface area contributed by atoms with E-state index in [4.69, 9.17) is 14.2 Å². The van der Waals surface area contributed by atoms with Crippen LogP contribution in [0.1, 0.15) is 53.9 Å². The normalized spacial score (nSPS) is 40.4. The minimum absolute atomic E-state index is 0.190. The lowest BCUT2D eigenvalue weighted by Gasteiger charge is -2.51. The highest BCUT2D eigenvalue weighted by Crippen LogP contribution is 2.52. The highest BCUT2D eigenvalue weighted by atomic mass is 16.6. The van der Waals surface area contributed by atoms with Crippen LogP contribution < -0.4 is 0 Å². The number of ether oxygens (including phenoxy) is 3. The molecule has 0 bridgehead atoms. The first-order valence-electron chi connectivity index (χ1n) is 11.2. The van der Waals surface area contributed by atoms with E-state index < -0.39 is 71.5 Å². The maximum Gasteiger partial charge on any atom is 0.312 e. The molecule has 1 heterocycles. The van der Waals surface area contributed by atoms with E-state index in [1.807, 2.05) is 0 Å². The van der Waals surface area contributed by atoms with Gasteiger partial charge in [0.05, 0.1) is 23.9 Å². The van der Waals surface area contributed by atoms with Gasteiger partial charge in [-0.3, -0.25) is 19.2 Å². The van der Waals surface area contributed by atoms with Crippen molar-refractivity contribution in [3.8, 4) is 0 Å². The van der Waals surface area contributed by atoms with Crippen LogP contribution in [0.3, 0.4) is 0 Å². The Morgan fingerprint density at radius 2 is 1.79 bits per heavy atom. The second-order valence-electron chi connectivity index (χ2n) is 9.49. The van der Waals surface area contributed by atoms with E-state index in [-0.39, 0.29) is 6.42 Å². The summed E-state index contributed by atoms with van der Waals surface area (Å²) in [6, 6.07) is 0.